The number of nitrogen functional groups attached to an aromatic ring is 1. The SMILES string of the molecule is C=C(/C=C(\C)CN1CCN(c2ccc(C(=O)N3CCC(CN4CCNc5ccc(NC(CCC=O)C(=O)NC)cc5CC4)CC3)cc2)CC1)/C(=C\C=NC)c1ccc(N)nc1. The fraction of sp³-hybridized carbons (Fsp3) is 0.438. The first-order valence-corrected chi connectivity index (χ1v) is 21.7. The first-order valence-electron chi connectivity index (χ1n) is 21.7. The first-order chi connectivity index (χ1) is 29.6. The third kappa shape index (κ3) is 12.6. The highest BCUT2D eigenvalue weighted by Crippen LogP contribution is 2.27. The molecular formula is C48H64N10O3. The summed E-state index contributed by atoms with van der Waals surface area (Å²) >= 11 is 0. The van der Waals surface area contributed by atoms with Gasteiger partial charge in [-0.1, -0.05) is 18.2 Å². The summed E-state index contributed by atoms with van der Waals surface area (Å²) in [7, 11) is 3.37. The molecule has 0 saturated carbocycles. The minimum Gasteiger partial charge on any atom is -0.384 e. The number of anilines is 4. The van der Waals surface area contributed by atoms with Gasteiger partial charge in [0.1, 0.15) is 18.1 Å². The summed E-state index contributed by atoms with van der Waals surface area (Å²) < 4.78 is 0. The van der Waals surface area contributed by atoms with Crippen LogP contribution < -0.4 is 26.6 Å². The lowest BCUT2D eigenvalue weighted by Crippen LogP contribution is -2.46. The van der Waals surface area contributed by atoms with Gasteiger partial charge in [0.05, 0.1) is 0 Å². The first kappa shape index (κ1) is 44.8. The van der Waals surface area contributed by atoms with Gasteiger partial charge in [-0.15, -0.1) is 0 Å². The molecule has 0 bridgehead atoms. The number of nitrogens with zero attached hydrogens (tertiary/aromatic N) is 6. The predicted molar refractivity (Wildman–Crippen MR) is 250 cm³/mol. The van der Waals surface area contributed by atoms with Gasteiger partial charge in [0.2, 0.25) is 5.91 Å². The number of aldehydes is 1. The van der Waals surface area contributed by atoms with E-state index in [1.54, 1.807) is 32.6 Å². The number of rotatable bonds is 16. The topological polar surface area (TPSA) is 152 Å². The number of hydrogen-bond acceptors (Lipinski definition) is 11. The second kappa shape index (κ2) is 22.2. The summed E-state index contributed by atoms with van der Waals surface area (Å²) in [5.74, 6) is 1.02. The van der Waals surface area contributed by atoms with Crippen molar-refractivity contribution in [1.82, 2.24) is 25.0 Å². The third-order valence-electron chi connectivity index (χ3n) is 12.0. The number of fused-ring (bicyclic) bond motifs is 1. The molecule has 1 unspecified atom stereocenters. The molecule has 1 aromatic heterocycles. The molecule has 0 aliphatic carbocycles. The van der Waals surface area contributed by atoms with Crippen LogP contribution in [0.3, 0.4) is 0 Å². The highest BCUT2D eigenvalue weighted by Gasteiger charge is 2.26. The van der Waals surface area contributed by atoms with E-state index in [4.69, 9.17) is 5.73 Å². The number of nitrogens with two attached hydrogens (primary N) is 1. The fourth-order valence-corrected chi connectivity index (χ4v) is 8.58. The number of aromatic nitrogens is 1. The summed E-state index contributed by atoms with van der Waals surface area (Å²) in [6, 6.07) is 17.7. The Morgan fingerprint density at radius 1 is 0.984 bits per heavy atom. The van der Waals surface area contributed by atoms with Crippen LogP contribution in [0, 0.1) is 5.92 Å². The molecule has 5 N–H and O–H groups in total. The maximum absolute atomic E-state index is 13.6. The van der Waals surface area contributed by atoms with Gasteiger partial charge >= 0.3 is 0 Å². The number of amides is 2. The average Bonchev–Trinajstić information content (AvgIpc) is 3.27. The Balaban J connectivity index is 0.933. The molecule has 2 fully saturated rings. The van der Waals surface area contributed by atoms with Gasteiger partial charge in [-0.25, -0.2) is 4.98 Å². The quantitative estimate of drug-likeness (QED) is 0.0840. The standard InChI is InChI=1S/C48H64N10O3/c1-35(30-36(2)43(15-19-50-3)40-9-14-46(49)53-32-40)33-56-25-27-57(28-26-56)42-11-7-38(8-12-42)48(61)58-22-16-37(17-23-58)34-55-21-18-39-31-41(10-13-44(39)52-20-24-55)54-45(6-5-29-59)47(60)51-4/h7-15,19,29-32,37,45,52,54H,2,5-6,16-18,20-28,33-34H2,1,3-4H3,(H2,49,53)(H,51,60)/b35-30+,43-15+,50-19?. The van der Waals surface area contributed by atoms with Crippen LogP contribution in [-0.2, 0) is 16.0 Å². The number of hydrogen-bond donors (Lipinski definition) is 4. The molecular weight excluding hydrogens is 765 g/mol. The minimum absolute atomic E-state index is 0.118. The van der Waals surface area contributed by atoms with Crippen molar-refractivity contribution < 1.29 is 14.4 Å². The molecule has 0 radical (unpaired) electrons. The molecule has 3 aliphatic rings. The zero-order valence-electron chi connectivity index (χ0n) is 36.2. The smallest absolute Gasteiger partial charge is 0.253 e. The number of likely N-dealkylation sites (N-methyl/N-ethyl adjacent to an activating group) is 1. The number of piperazine rings is 1. The van der Waals surface area contributed by atoms with Crippen molar-refractivity contribution in [1.29, 1.82) is 0 Å². The molecule has 13 nitrogen and oxygen atoms in total. The van der Waals surface area contributed by atoms with Gasteiger partial charge in [0.15, 0.2) is 0 Å². The second-order valence-corrected chi connectivity index (χ2v) is 16.4. The normalized spacial score (nSPS) is 17.8. The summed E-state index contributed by atoms with van der Waals surface area (Å²) in [6.07, 6.45) is 12.2. The molecule has 0 spiro atoms. The van der Waals surface area contributed by atoms with E-state index in [0.29, 0.717) is 24.6 Å². The number of pyridine rings is 1. The van der Waals surface area contributed by atoms with Crippen LogP contribution in [0.4, 0.5) is 22.9 Å². The number of aliphatic imine (C=N–C) groups is 1. The fourth-order valence-electron chi connectivity index (χ4n) is 8.58. The van der Waals surface area contributed by atoms with Crippen molar-refractivity contribution in [2.75, 3.05) is 107 Å². The summed E-state index contributed by atoms with van der Waals surface area (Å²) in [5, 5.41) is 9.64. The molecule has 3 aromatic rings. The molecule has 2 saturated heterocycles. The van der Waals surface area contributed by atoms with E-state index in [2.05, 4.69) is 84.5 Å². The highest BCUT2D eigenvalue weighted by atomic mass is 16.2. The van der Waals surface area contributed by atoms with Crippen LogP contribution in [-0.4, -0.2) is 136 Å². The van der Waals surface area contributed by atoms with Gasteiger partial charge in [-0.3, -0.25) is 19.5 Å². The van der Waals surface area contributed by atoms with E-state index < -0.39 is 6.04 Å². The van der Waals surface area contributed by atoms with Crippen molar-refractivity contribution in [2.45, 2.75) is 45.1 Å². The lowest BCUT2D eigenvalue weighted by molar-refractivity contribution is -0.121. The van der Waals surface area contributed by atoms with Crippen molar-refractivity contribution in [2.24, 2.45) is 10.9 Å². The monoisotopic (exact) mass is 829 g/mol. The van der Waals surface area contributed by atoms with E-state index in [9.17, 15) is 14.4 Å². The van der Waals surface area contributed by atoms with Crippen molar-refractivity contribution >= 4 is 52.8 Å². The third-order valence-corrected chi connectivity index (χ3v) is 12.0. The summed E-state index contributed by atoms with van der Waals surface area (Å²) in [4.78, 5) is 54.8. The number of nitrogens with one attached hydrogen (secondary N) is 3. The van der Waals surface area contributed by atoms with E-state index in [1.807, 2.05) is 35.2 Å². The predicted octanol–water partition coefficient (Wildman–Crippen LogP) is 5.40. The molecule has 4 heterocycles. The molecule has 2 aromatic carbocycles. The van der Waals surface area contributed by atoms with Crippen molar-refractivity contribution in [3.63, 3.8) is 0 Å². The zero-order chi connectivity index (χ0) is 43.1. The van der Waals surface area contributed by atoms with Gasteiger partial charge in [-0.2, -0.15) is 0 Å². The highest BCUT2D eigenvalue weighted by molar-refractivity contribution is 5.95. The van der Waals surface area contributed by atoms with Crippen LogP contribution in [0.15, 0.2) is 95.7 Å². The van der Waals surface area contributed by atoms with Crippen LogP contribution >= 0.6 is 0 Å². The number of carbonyl (C=O) groups excluding carboxylic acids is 3. The molecule has 13 heteroatoms. The summed E-state index contributed by atoms with van der Waals surface area (Å²) in [6.45, 7) is 16.5. The number of likely N-dealkylation sites (tertiary alicyclic amines) is 1. The van der Waals surface area contributed by atoms with Gasteiger partial charge in [-0.05, 0) is 116 Å². The Morgan fingerprint density at radius 3 is 2.43 bits per heavy atom. The Kier molecular flexibility index (Phi) is 16.3. The number of benzene rings is 2. The number of carbonyl (C=O) groups is 3. The van der Waals surface area contributed by atoms with Gasteiger partial charge in [0, 0.05) is 133 Å². The van der Waals surface area contributed by atoms with Crippen LogP contribution in [0.25, 0.3) is 5.57 Å². The maximum atomic E-state index is 13.6. The molecule has 2 amide bonds. The second-order valence-electron chi connectivity index (χ2n) is 16.4. The number of piperidine rings is 1. The Morgan fingerprint density at radius 2 is 1.74 bits per heavy atom. The van der Waals surface area contributed by atoms with E-state index in [1.165, 1.54) is 11.1 Å². The molecule has 61 heavy (non-hydrogen) atoms. The van der Waals surface area contributed by atoms with Gasteiger partial charge in [0.25, 0.3) is 5.91 Å². The van der Waals surface area contributed by atoms with Crippen LogP contribution in [0.5, 0.6) is 0 Å². The average molecular weight is 829 g/mol. The Labute approximate surface area is 361 Å². The van der Waals surface area contributed by atoms with Crippen molar-refractivity contribution in [3.05, 3.63) is 107 Å². The Bertz CT molecular complexity index is 2050. The van der Waals surface area contributed by atoms with E-state index >= 15 is 0 Å². The van der Waals surface area contributed by atoms with Crippen molar-refractivity contribution in [3.8, 4) is 0 Å². The number of allylic oxidation sites excluding steroid dienone is 4. The molecule has 324 valence electrons. The molecule has 1 atom stereocenters. The van der Waals surface area contributed by atoms with E-state index in [0.717, 1.165) is 137 Å². The lowest BCUT2D eigenvalue weighted by atomic mass is 9.95. The maximum Gasteiger partial charge on any atom is 0.253 e. The van der Waals surface area contributed by atoms with Crippen LogP contribution in [0.1, 0.15) is 54.1 Å². The summed E-state index contributed by atoms with van der Waals surface area (Å²) in [5.41, 5.74) is 15.0. The van der Waals surface area contributed by atoms with Crippen LogP contribution in [0.2, 0.25) is 0 Å². The molecule has 6 rings (SSSR count). The Hall–Kier alpha value is -5.79. The zero-order valence-corrected chi connectivity index (χ0v) is 36.2. The largest absolute Gasteiger partial charge is 0.384 e. The lowest BCUT2D eigenvalue weighted by Gasteiger charge is -2.37. The van der Waals surface area contributed by atoms with Gasteiger partial charge < -0.3 is 41.2 Å². The molecule has 3 aliphatic heterocycles. The minimum atomic E-state index is -0.461. The van der Waals surface area contributed by atoms with E-state index in [-0.39, 0.29) is 11.8 Å².